The molecular formula is C16H20N2O2S. The van der Waals surface area contributed by atoms with Crippen LogP contribution in [0.1, 0.15) is 25.7 Å². The number of rotatable bonds is 5. The predicted molar refractivity (Wildman–Crippen MR) is 85.5 cm³/mol. The highest BCUT2D eigenvalue weighted by molar-refractivity contribution is 7.89. The molecule has 1 saturated carbocycles. The summed E-state index contributed by atoms with van der Waals surface area (Å²) < 4.78 is 27.7. The van der Waals surface area contributed by atoms with Crippen LogP contribution in [0.15, 0.2) is 41.3 Å². The molecule has 2 aromatic rings. The Hall–Kier alpha value is -1.59. The van der Waals surface area contributed by atoms with Crippen LogP contribution in [0.25, 0.3) is 10.8 Å². The van der Waals surface area contributed by atoms with Crippen molar-refractivity contribution >= 4 is 26.5 Å². The van der Waals surface area contributed by atoms with Gasteiger partial charge in [-0.3, -0.25) is 0 Å². The molecule has 0 aliphatic heterocycles. The molecule has 0 bridgehead atoms. The third-order valence-corrected chi connectivity index (χ3v) is 5.74. The molecule has 5 heteroatoms. The van der Waals surface area contributed by atoms with E-state index in [1.807, 2.05) is 6.07 Å². The molecule has 112 valence electrons. The van der Waals surface area contributed by atoms with Gasteiger partial charge < -0.3 is 5.73 Å². The molecule has 0 amide bonds. The van der Waals surface area contributed by atoms with Crippen molar-refractivity contribution in [1.82, 2.24) is 4.72 Å². The predicted octanol–water partition coefficient (Wildman–Crippen LogP) is 2.89. The van der Waals surface area contributed by atoms with Crippen LogP contribution in [0.5, 0.6) is 0 Å². The number of sulfonamides is 1. The minimum atomic E-state index is -3.47. The quantitative estimate of drug-likeness (QED) is 0.834. The van der Waals surface area contributed by atoms with Crippen molar-refractivity contribution < 1.29 is 8.42 Å². The van der Waals surface area contributed by atoms with Gasteiger partial charge in [-0.1, -0.05) is 37.5 Å². The smallest absolute Gasteiger partial charge is 0.241 e. The third-order valence-electron chi connectivity index (χ3n) is 4.22. The van der Waals surface area contributed by atoms with E-state index in [4.69, 9.17) is 5.73 Å². The SMILES string of the molecule is Nc1ccc2c(S(=O)(=O)NCCC3CCC3)cccc2c1. The van der Waals surface area contributed by atoms with E-state index in [0.29, 0.717) is 28.4 Å². The van der Waals surface area contributed by atoms with Crippen LogP contribution in [0.4, 0.5) is 5.69 Å². The number of nitrogen functional groups attached to an aromatic ring is 1. The minimum absolute atomic E-state index is 0.327. The maximum absolute atomic E-state index is 12.5. The van der Waals surface area contributed by atoms with Gasteiger partial charge in [0, 0.05) is 17.6 Å². The van der Waals surface area contributed by atoms with Gasteiger partial charge in [0.2, 0.25) is 10.0 Å². The van der Waals surface area contributed by atoms with Crippen LogP contribution in [0.2, 0.25) is 0 Å². The molecule has 0 heterocycles. The van der Waals surface area contributed by atoms with E-state index in [9.17, 15) is 8.42 Å². The van der Waals surface area contributed by atoms with E-state index in [-0.39, 0.29) is 0 Å². The number of hydrogen-bond donors (Lipinski definition) is 2. The summed E-state index contributed by atoms with van der Waals surface area (Å²) in [7, 11) is -3.47. The van der Waals surface area contributed by atoms with Crippen molar-refractivity contribution in [3.05, 3.63) is 36.4 Å². The molecule has 0 unspecified atom stereocenters. The first-order chi connectivity index (χ1) is 10.1. The van der Waals surface area contributed by atoms with Gasteiger partial charge in [0.25, 0.3) is 0 Å². The Morgan fingerprint density at radius 2 is 2.00 bits per heavy atom. The highest BCUT2D eigenvalue weighted by Gasteiger charge is 2.20. The number of nitrogens with two attached hydrogens (primary N) is 1. The van der Waals surface area contributed by atoms with Crippen molar-refractivity contribution in [2.75, 3.05) is 12.3 Å². The molecule has 1 fully saturated rings. The summed E-state index contributed by atoms with van der Waals surface area (Å²) in [5, 5.41) is 1.56. The molecule has 2 aromatic carbocycles. The fourth-order valence-electron chi connectivity index (χ4n) is 2.76. The summed E-state index contributed by atoms with van der Waals surface area (Å²) >= 11 is 0. The van der Waals surface area contributed by atoms with Crippen molar-refractivity contribution in [2.24, 2.45) is 5.92 Å². The summed E-state index contributed by atoms with van der Waals surface area (Å²) in [6.45, 7) is 0.512. The number of hydrogen-bond acceptors (Lipinski definition) is 3. The van der Waals surface area contributed by atoms with Gasteiger partial charge in [-0.05, 0) is 35.9 Å². The van der Waals surface area contributed by atoms with E-state index in [0.717, 1.165) is 11.8 Å². The molecule has 4 nitrogen and oxygen atoms in total. The van der Waals surface area contributed by atoms with Crippen LogP contribution in [-0.2, 0) is 10.0 Å². The molecule has 0 saturated heterocycles. The van der Waals surface area contributed by atoms with E-state index in [1.54, 1.807) is 30.3 Å². The molecule has 1 aliphatic rings. The monoisotopic (exact) mass is 304 g/mol. The first kappa shape index (κ1) is 14.4. The lowest BCUT2D eigenvalue weighted by molar-refractivity contribution is 0.297. The molecule has 0 spiro atoms. The van der Waals surface area contributed by atoms with Gasteiger partial charge >= 0.3 is 0 Å². The fourth-order valence-corrected chi connectivity index (χ4v) is 4.04. The Morgan fingerprint density at radius 1 is 1.19 bits per heavy atom. The summed E-state index contributed by atoms with van der Waals surface area (Å²) in [6.07, 6.45) is 4.67. The molecular weight excluding hydrogens is 284 g/mol. The van der Waals surface area contributed by atoms with Crippen LogP contribution in [0, 0.1) is 5.92 Å². The van der Waals surface area contributed by atoms with Crippen LogP contribution in [0.3, 0.4) is 0 Å². The van der Waals surface area contributed by atoms with Crippen molar-refractivity contribution in [2.45, 2.75) is 30.6 Å². The second-order valence-electron chi connectivity index (χ2n) is 5.72. The van der Waals surface area contributed by atoms with E-state index in [2.05, 4.69) is 4.72 Å². The molecule has 3 rings (SSSR count). The molecule has 3 N–H and O–H groups in total. The van der Waals surface area contributed by atoms with E-state index >= 15 is 0 Å². The van der Waals surface area contributed by atoms with Crippen molar-refractivity contribution in [3.8, 4) is 0 Å². The van der Waals surface area contributed by atoms with Crippen molar-refractivity contribution in [3.63, 3.8) is 0 Å². The van der Waals surface area contributed by atoms with Crippen molar-refractivity contribution in [1.29, 1.82) is 0 Å². The first-order valence-corrected chi connectivity index (χ1v) is 8.82. The van der Waals surface area contributed by atoms with Gasteiger partial charge in [-0.15, -0.1) is 0 Å². The number of benzene rings is 2. The molecule has 21 heavy (non-hydrogen) atoms. The molecule has 1 aliphatic carbocycles. The summed E-state index contributed by atoms with van der Waals surface area (Å²) in [6, 6.07) is 10.6. The highest BCUT2D eigenvalue weighted by atomic mass is 32.2. The second kappa shape index (κ2) is 5.66. The lowest BCUT2D eigenvalue weighted by atomic mass is 9.83. The van der Waals surface area contributed by atoms with Gasteiger partial charge in [-0.2, -0.15) is 0 Å². The maximum Gasteiger partial charge on any atom is 0.241 e. The molecule has 0 aromatic heterocycles. The first-order valence-electron chi connectivity index (χ1n) is 7.34. The Balaban J connectivity index is 1.83. The lowest BCUT2D eigenvalue weighted by Gasteiger charge is -2.25. The van der Waals surface area contributed by atoms with Gasteiger partial charge in [0.05, 0.1) is 4.90 Å². The third kappa shape index (κ3) is 3.04. The average Bonchev–Trinajstić information content (AvgIpc) is 2.40. The van der Waals surface area contributed by atoms with Crippen LogP contribution >= 0.6 is 0 Å². The summed E-state index contributed by atoms with van der Waals surface area (Å²) in [5.41, 5.74) is 6.39. The minimum Gasteiger partial charge on any atom is -0.399 e. The Morgan fingerprint density at radius 3 is 2.71 bits per heavy atom. The average molecular weight is 304 g/mol. The molecule has 0 radical (unpaired) electrons. The maximum atomic E-state index is 12.5. The van der Waals surface area contributed by atoms with Crippen LogP contribution in [-0.4, -0.2) is 15.0 Å². The fraction of sp³-hybridized carbons (Fsp3) is 0.375. The largest absolute Gasteiger partial charge is 0.399 e. The van der Waals surface area contributed by atoms with Crippen LogP contribution < -0.4 is 10.5 Å². The standard InChI is InChI=1S/C16H20N2O2S/c17-14-7-8-15-13(11-14)5-2-6-16(15)21(19,20)18-10-9-12-3-1-4-12/h2,5-8,11-12,18H,1,3-4,9-10,17H2. The zero-order valence-electron chi connectivity index (χ0n) is 11.9. The zero-order chi connectivity index (χ0) is 14.9. The van der Waals surface area contributed by atoms with Gasteiger partial charge in [0.15, 0.2) is 0 Å². The normalized spacial score (nSPS) is 16.0. The topological polar surface area (TPSA) is 72.2 Å². The lowest BCUT2D eigenvalue weighted by Crippen LogP contribution is -2.27. The Bertz CT molecular complexity index is 752. The number of nitrogens with one attached hydrogen (secondary N) is 1. The van der Waals surface area contributed by atoms with Gasteiger partial charge in [0.1, 0.15) is 0 Å². The summed E-state index contributed by atoms with van der Waals surface area (Å²) in [4.78, 5) is 0.327. The van der Waals surface area contributed by atoms with E-state index in [1.165, 1.54) is 19.3 Å². The Kier molecular flexibility index (Phi) is 3.87. The second-order valence-corrected chi connectivity index (χ2v) is 7.46. The zero-order valence-corrected chi connectivity index (χ0v) is 12.7. The van der Waals surface area contributed by atoms with E-state index < -0.39 is 10.0 Å². The summed E-state index contributed by atoms with van der Waals surface area (Å²) in [5.74, 6) is 0.694. The molecule has 0 atom stereocenters. The number of anilines is 1. The highest BCUT2D eigenvalue weighted by Crippen LogP contribution is 2.29. The number of fused-ring (bicyclic) bond motifs is 1. The van der Waals surface area contributed by atoms with Gasteiger partial charge in [-0.25, -0.2) is 13.1 Å². The Labute approximate surface area is 125 Å².